The molecule has 0 spiro atoms. The first kappa shape index (κ1) is 10.9. The number of nitriles is 1. The number of benzene rings is 1. The van der Waals surface area contributed by atoms with Crippen molar-refractivity contribution in [2.75, 3.05) is 31.1 Å². The molecule has 0 aliphatic carbocycles. The van der Waals surface area contributed by atoms with Crippen molar-refractivity contribution >= 4 is 5.69 Å². The lowest BCUT2D eigenvalue weighted by molar-refractivity contribution is 0.0466. The van der Waals surface area contributed by atoms with Crippen molar-refractivity contribution < 1.29 is 4.74 Å². The smallest absolute Gasteiger partial charge is 0.0992 e. The number of anilines is 1. The van der Waals surface area contributed by atoms with E-state index < -0.39 is 0 Å². The fourth-order valence-corrected chi connectivity index (χ4v) is 1.87. The van der Waals surface area contributed by atoms with Crippen molar-refractivity contribution in [2.24, 2.45) is 5.73 Å². The van der Waals surface area contributed by atoms with Crippen LogP contribution < -0.4 is 10.6 Å². The molecule has 2 N–H and O–H groups in total. The minimum absolute atomic E-state index is 0.0968. The van der Waals surface area contributed by atoms with Crippen LogP contribution in [0.4, 0.5) is 5.69 Å². The summed E-state index contributed by atoms with van der Waals surface area (Å²) < 4.78 is 5.50. The molecule has 16 heavy (non-hydrogen) atoms. The molecule has 1 aromatic carbocycles. The van der Waals surface area contributed by atoms with E-state index in [9.17, 15) is 0 Å². The lowest BCUT2D eigenvalue weighted by atomic mass is 10.2. The summed E-state index contributed by atoms with van der Waals surface area (Å²) in [6.45, 7) is 2.88. The van der Waals surface area contributed by atoms with Crippen molar-refractivity contribution in [2.45, 2.75) is 6.10 Å². The molecule has 1 unspecified atom stereocenters. The first-order valence-electron chi connectivity index (χ1n) is 5.40. The summed E-state index contributed by atoms with van der Waals surface area (Å²) in [5.74, 6) is 0. The number of nitrogens with zero attached hydrogens (tertiary/aromatic N) is 2. The van der Waals surface area contributed by atoms with Crippen molar-refractivity contribution in [3.63, 3.8) is 0 Å². The van der Waals surface area contributed by atoms with Crippen LogP contribution in [0, 0.1) is 11.3 Å². The molecule has 1 saturated heterocycles. The largest absolute Gasteiger partial charge is 0.373 e. The number of hydrogen-bond acceptors (Lipinski definition) is 4. The van der Waals surface area contributed by atoms with Crippen LogP contribution in [0.1, 0.15) is 5.56 Å². The Hall–Kier alpha value is -1.57. The van der Waals surface area contributed by atoms with Crippen molar-refractivity contribution in [3.05, 3.63) is 29.8 Å². The number of ether oxygens (including phenoxy) is 1. The topological polar surface area (TPSA) is 62.3 Å². The highest BCUT2D eigenvalue weighted by Crippen LogP contribution is 2.18. The van der Waals surface area contributed by atoms with Crippen LogP contribution in [0.5, 0.6) is 0 Å². The van der Waals surface area contributed by atoms with Gasteiger partial charge in [0.1, 0.15) is 0 Å². The van der Waals surface area contributed by atoms with Gasteiger partial charge in [-0.2, -0.15) is 5.26 Å². The first-order valence-corrected chi connectivity index (χ1v) is 5.40. The molecule has 4 nitrogen and oxygen atoms in total. The summed E-state index contributed by atoms with van der Waals surface area (Å²) in [4.78, 5) is 2.21. The normalized spacial score (nSPS) is 20.5. The Morgan fingerprint density at radius 1 is 1.56 bits per heavy atom. The Labute approximate surface area is 95.2 Å². The first-order chi connectivity index (χ1) is 7.83. The van der Waals surface area contributed by atoms with Crippen LogP contribution in [0.25, 0.3) is 0 Å². The van der Waals surface area contributed by atoms with Gasteiger partial charge in [-0.25, -0.2) is 0 Å². The quantitative estimate of drug-likeness (QED) is 0.793. The molecular weight excluding hydrogens is 202 g/mol. The Balaban J connectivity index is 2.14. The number of rotatable bonds is 2. The van der Waals surface area contributed by atoms with Gasteiger partial charge in [-0.05, 0) is 18.2 Å². The highest BCUT2D eigenvalue weighted by Gasteiger charge is 2.19. The maximum Gasteiger partial charge on any atom is 0.0992 e. The van der Waals surface area contributed by atoms with Gasteiger partial charge < -0.3 is 15.4 Å². The third-order valence-electron chi connectivity index (χ3n) is 2.74. The Kier molecular flexibility index (Phi) is 3.40. The van der Waals surface area contributed by atoms with Crippen LogP contribution >= 0.6 is 0 Å². The lowest BCUT2D eigenvalue weighted by Crippen LogP contribution is -2.45. The third kappa shape index (κ3) is 2.32. The zero-order chi connectivity index (χ0) is 11.4. The highest BCUT2D eigenvalue weighted by atomic mass is 16.5. The minimum atomic E-state index is 0.0968. The molecule has 1 heterocycles. The Morgan fingerprint density at radius 2 is 2.44 bits per heavy atom. The molecule has 1 aromatic rings. The van der Waals surface area contributed by atoms with Gasteiger partial charge in [0.25, 0.3) is 0 Å². The molecular formula is C12H15N3O. The summed E-state index contributed by atoms with van der Waals surface area (Å²) >= 11 is 0. The van der Waals surface area contributed by atoms with Crippen molar-refractivity contribution in [1.29, 1.82) is 5.26 Å². The Morgan fingerprint density at radius 3 is 3.19 bits per heavy atom. The number of hydrogen-bond donors (Lipinski definition) is 1. The molecule has 2 rings (SSSR count). The van der Waals surface area contributed by atoms with E-state index >= 15 is 0 Å². The summed E-state index contributed by atoms with van der Waals surface area (Å²) in [6, 6.07) is 9.78. The second kappa shape index (κ2) is 4.97. The van der Waals surface area contributed by atoms with E-state index in [-0.39, 0.29) is 6.10 Å². The van der Waals surface area contributed by atoms with Crippen LogP contribution in [0.15, 0.2) is 24.3 Å². The average molecular weight is 217 g/mol. The van der Waals surface area contributed by atoms with Crippen LogP contribution in [0.2, 0.25) is 0 Å². The van der Waals surface area contributed by atoms with E-state index in [4.69, 9.17) is 15.7 Å². The molecule has 0 bridgehead atoms. The van der Waals surface area contributed by atoms with E-state index in [0.717, 1.165) is 18.8 Å². The predicted octanol–water partition coefficient (Wildman–Crippen LogP) is 0.722. The summed E-state index contributed by atoms with van der Waals surface area (Å²) in [7, 11) is 0. The molecule has 0 aromatic heterocycles. The molecule has 0 amide bonds. The lowest BCUT2D eigenvalue weighted by Gasteiger charge is -2.34. The van der Waals surface area contributed by atoms with Gasteiger partial charge in [-0.3, -0.25) is 0 Å². The molecule has 1 aliphatic rings. The number of nitrogens with two attached hydrogens (primary N) is 1. The monoisotopic (exact) mass is 217 g/mol. The van der Waals surface area contributed by atoms with Gasteiger partial charge in [-0.15, -0.1) is 0 Å². The second-order valence-electron chi connectivity index (χ2n) is 3.84. The molecule has 0 radical (unpaired) electrons. The summed E-state index contributed by atoms with van der Waals surface area (Å²) in [5.41, 5.74) is 7.35. The van der Waals surface area contributed by atoms with Crippen molar-refractivity contribution in [1.82, 2.24) is 0 Å². The van der Waals surface area contributed by atoms with E-state index in [0.29, 0.717) is 18.7 Å². The van der Waals surface area contributed by atoms with E-state index in [1.165, 1.54) is 0 Å². The highest BCUT2D eigenvalue weighted by molar-refractivity contribution is 5.51. The minimum Gasteiger partial charge on any atom is -0.373 e. The standard InChI is InChI=1S/C12H15N3O/c13-7-10-2-1-3-11(6-10)15-4-5-16-12(8-14)9-15/h1-3,6,12H,4-5,8-9,14H2. The SMILES string of the molecule is N#Cc1cccc(N2CCOC(CN)C2)c1. The fourth-order valence-electron chi connectivity index (χ4n) is 1.87. The zero-order valence-corrected chi connectivity index (χ0v) is 9.10. The molecule has 0 saturated carbocycles. The van der Waals surface area contributed by atoms with Gasteiger partial charge in [0.15, 0.2) is 0 Å². The summed E-state index contributed by atoms with van der Waals surface area (Å²) in [6.07, 6.45) is 0.0968. The van der Waals surface area contributed by atoms with Crippen LogP contribution in [0.3, 0.4) is 0 Å². The zero-order valence-electron chi connectivity index (χ0n) is 9.10. The van der Waals surface area contributed by atoms with E-state index in [2.05, 4.69) is 11.0 Å². The fraction of sp³-hybridized carbons (Fsp3) is 0.417. The maximum atomic E-state index is 8.85. The van der Waals surface area contributed by atoms with Crippen LogP contribution in [-0.4, -0.2) is 32.3 Å². The second-order valence-corrected chi connectivity index (χ2v) is 3.84. The van der Waals surface area contributed by atoms with E-state index in [1.807, 2.05) is 24.3 Å². The Bertz CT molecular complexity index is 399. The molecule has 4 heteroatoms. The third-order valence-corrected chi connectivity index (χ3v) is 2.74. The summed E-state index contributed by atoms with van der Waals surface area (Å²) in [5, 5.41) is 8.85. The van der Waals surface area contributed by atoms with Crippen LogP contribution in [-0.2, 0) is 4.74 Å². The predicted molar refractivity (Wildman–Crippen MR) is 62.2 cm³/mol. The average Bonchev–Trinajstić information content (AvgIpc) is 2.39. The van der Waals surface area contributed by atoms with Gasteiger partial charge >= 0.3 is 0 Å². The molecule has 1 aliphatic heterocycles. The van der Waals surface area contributed by atoms with Crippen molar-refractivity contribution in [3.8, 4) is 6.07 Å². The van der Waals surface area contributed by atoms with E-state index in [1.54, 1.807) is 0 Å². The van der Waals surface area contributed by atoms with Gasteiger partial charge in [0.2, 0.25) is 0 Å². The van der Waals surface area contributed by atoms with Gasteiger partial charge in [0, 0.05) is 25.3 Å². The number of morpholine rings is 1. The van der Waals surface area contributed by atoms with Gasteiger partial charge in [0.05, 0.1) is 24.3 Å². The maximum absolute atomic E-state index is 8.85. The molecule has 1 fully saturated rings. The van der Waals surface area contributed by atoms with Gasteiger partial charge in [-0.1, -0.05) is 6.07 Å². The molecule has 84 valence electrons. The molecule has 1 atom stereocenters.